The second kappa shape index (κ2) is 6.77. The van der Waals surface area contributed by atoms with Gasteiger partial charge in [0.1, 0.15) is 5.75 Å². The van der Waals surface area contributed by atoms with E-state index >= 15 is 0 Å². The Bertz CT molecular complexity index is 825. The van der Waals surface area contributed by atoms with Gasteiger partial charge in [0.15, 0.2) is 0 Å². The highest BCUT2D eigenvalue weighted by Gasteiger charge is 2.41. The van der Waals surface area contributed by atoms with Crippen molar-refractivity contribution >= 4 is 5.95 Å². The van der Waals surface area contributed by atoms with Crippen molar-refractivity contribution in [3.8, 4) is 5.75 Å². The Morgan fingerprint density at radius 2 is 1.96 bits per heavy atom. The predicted molar refractivity (Wildman–Crippen MR) is 103 cm³/mol. The van der Waals surface area contributed by atoms with Gasteiger partial charge in [-0.1, -0.05) is 12.1 Å². The minimum atomic E-state index is -0.268. The van der Waals surface area contributed by atoms with Crippen molar-refractivity contribution in [1.82, 2.24) is 14.9 Å². The van der Waals surface area contributed by atoms with Crippen LogP contribution < -0.4 is 4.90 Å². The lowest BCUT2D eigenvalue weighted by molar-refractivity contribution is 0.153. The molecule has 6 heteroatoms. The highest BCUT2D eigenvalue weighted by molar-refractivity contribution is 5.38. The van der Waals surface area contributed by atoms with Gasteiger partial charge in [0.2, 0.25) is 5.95 Å². The summed E-state index contributed by atoms with van der Waals surface area (Å²) < 4.78 is 0. The zero-order valence-electron chi connectivity index (χ0n) is 15.5. The molecule has 1 aromatic heterocycles. The van der Waals surface area contributed by atoms with Crippen LogP contribution in [0.5, 0.6) is 5.75 Å². The second-order valence-electron chi connectivity index (χ2n) is 8.10. The largest absolute Gasteiger partial charge is 0.508 e. The molecule has 6 nitrogen and oxygen atoms in total. The predicted octanol–water partition coefficient (Wildman–Crippen LogP) is 2.41. The maximum atomic E-state index is 9.95. The van der Waals surface area contributed by atoms with Crippen molar-refractivity contribution in [3.05, 3.63) is 47.3 Å². The zero-order chi connectivity index (χ0) is 18.4. The average molecular weight is 366 g/mol. The first-order valence-corrected chi connectivity index (χ1v) is 10.00. The lowest BCUT2D eigenvalue weighted by atomic mass is 9.98. The number of rotatable bonds is 3. The van der Waals surface area contributed by atoms with Crippen LogP contribution in [-0.4, -0.2) is 50.3 Å². The number of aromatic hydroxyl groups is 1. The van der Waals surface area contributed by atoms with E-state index in [4.69, 9.17) is 4.98 Å². The Balaban J connectivity index is 1.38. The summed E-state index contributed by atoms with van der Waals surface area (Å²) in [4.78, 5) is 14.3. The molecular weight excluding hydrogens is 340 g/mol. The summed E-state index contributed by atoms with van der Waals surface area (Å²) in [6.45, 7) is 2.46. The molecule has 27 heavy (non-hydrogen) atoms. The van der Waals surface area contributed by atoms with Crippen molar-refractivity contribution in [2.45, 2.75) is 56.8 Å². The quantitative estimate of drug-likeness (QED) is 0.869. The van der Waals surface area contributed by atoms with Crippen LogP contribution in [0.4, 0.5) is 5.95 Å². The normalized spacial score (nSPS) is 27.6. The molecule has 3 aliphatic rings. The second-order valence-corrected chi connectivity index (χ2v) is 8.10. The van der Waals surface area contributed by atoms with E-state index < -0.39 is 0 Å². The third-order valence-electron chi connectivity index (χ3n) is 6.30. The monoisotopic (exact) mass is 366 g/mol. The van der Waals surface area contributed by atoms with Gasteiger partial charge in [0, 0.05) is 49.9 Å². The summed E-state index contributed by atoms with van der Waals surface area (Å²) in [7, 11) is 0. The van der Waals surface area contributed by atoms with Crippen molar-refractivity contribution in [2.75, 3.05) is 18.0 Å². The highest BCUT2D eigenvalue weighted by atomic mass is 16.3. The number of aliphatic hydroxyl groups is 1. The molecule has 2 fully saturated rings. The minimum absolute atomic E-state index is 0.268. The molecule has 0 saturated carbocycles. The lowest BCUT2D eigenvalue weighted by Crippen LogP contribution is -2.40. The van der Waals surface area contributed by atoms with Gasteiger partial charge in [0.05, 0.1) is 11.8 Å². The number of hydrogen-bond donors (Lipinski definition) is 2. The molecule has 0 spiro atoms. The number of aromatic nitrogens is 2. The van der Waals surface area contributed by atoms with Gasteiger partial charge in [-0.3, -0.25) is 4.90 Å². The molecule has 2 aromatic rings. The fourth-order valence-electron chi connectivity index (χ4n) is 4.91. The van der Waals surface area contributed by atoms with Crippen molar-refractivity contribution in [2.24, 2.45) is 0 Å². The Morgan fingerprint density at radius 1 is 1.11 bits per heavy atom. The van der Waals surface area contributed by atoms with Crippen LogP contribution in [0.1, 0.15) is 48.5 Å². The molecule has 0 amide bonds. The zero-order valence-corrected chi connectivity index (χ0v) is 15.5. The SMILES string of the molecule is Oc1ccc(CN2C3CCC2c2cnc(N4CCCC(O)C4)nc2C3)cc1. The maximum Gasteiger partial charge on any atom is 0.225 e. The topological polar surface area (TPSA) is 72.7 Å². The first-order chi connectivity index (χ1) is 13.2. The molecule has 2 saturated heterocycles. The molecule has 5 rings (SSSR count). The summed E-state index contributed by atoms with van der Waals surface area (Å²) in [5.74, 6) is 1.09. The standard InChI is InChI=1S/C21H26N4O2/c26-16-6-3-14(4-7-16)12-25-15-5-8-20(25)18-11-22-21(23-19(18)10-15)24-9-1-2-17(27)13-24/h3-4,6-7,11,15,17,20,26-27H,1-2,5,8-10,12-13H2. The number of aliphatic hydroxyl groups excluding tert-OH is 1. The van der Waals surface area contributed by atoms with E-state index in [1.165, 1.54) is 23.2 Å². The minimum Gasteiger partial charge on any atom is -0.508 e. The Hall–Kier alpha value is -2.18. The molecule has 2 N–H and O–H groups in total. The maximum absolute atomic E-state index is 9.95. The van der Waals surface area contributed by atoms with E-state index in [1.54, 1.807) is 12.1 Å². The van der Waals surface area contributed by atoms with Crippen LogP contribution in [0.2, 0.25) is 0 Å². The number of nitrogens with zero attached hydrogens (tertiary/aromatic N) is 4. The molecule has 0 aliphatic carbocycles. The fraction of sp³-hybridized carbons (Fsp3) is 0.524. The van der Waals surface area contributed by atoms with E-state index in [-0.39, 0.29) is 6.10 Å². The van der Waals surface area contributed by atoms with E-state index in [0.29, 0.717) is 24.4 Å². The van der Waals surface area contributed by atoms with E-state index in [0.717, 1.165) is 44.7 Å². The Kier molecular flexibility index (Phi) is 4.25. The number of phenolic OH excluding ortho intramolecular Hbond substituents is 1. The molecule has 1 aromatic carbocycles. The van der Waals surface area contributed by atoms with Gasteiger partial charge in [-0.05, 0) is 43.4 Å². The third kappa shape index (κ3) is 3.17. The number of fused-ring (bicyclic) bond motifs is 4. The van der Waals surface area contributed by atoms with E-state index in [2.05, 4.69) is 14.8 Å². The summed E-state index contributed by atoms with van der Waals surface area (Å²) in [5, 5.41) is 19.5. The number of piperidine rings is 1. The van der Waals surface area contributed by atoms with Gasteiger partial charge < -0.3 is 15.1 Å². The number of anilines is 1. The number of phenols is 1. The summed E-state index contributed by atoms with van der Waals surface area (Å²) in [6.07, 6.45) is 6.93. The van der Waals surface area contributed by atoms with Crippen LogP contribution >= 0.6 is 0 Å². The van der Waals surface area contributed by atoms with Gasteiger partial charge in [0.25, 0.3) is 0 Å². The first-order valence-electron chi connectivity index (χ1n) is 10.00. The van der Waals surface area contributed by atoms with Crippen LogP contribution in [0.3, 0.4) is 0 Å². The first kappa shape index (κ1) is 17.0. The number of benzene rings is 1. The molecule has 2 bridgehead atoms. The van der Waals surface area contributed by atoms with Crippen molar-refractivity contribution < 1.29 is 10.2 Å². The molecular formula is C21H26N4O2. The van der Waals surface area contributed by atoms with Crippen LogP contribution in [-0.2, 0) is 13.0 Å². The van der Waals surface area contributed by atoms with E-state index in [9.17, 15) is 10.2 Å². The van der Waals surface area contributed by atoms with E-state index in [1.807, 2.05) is 18.3 Å². The Labute approximate surface area is 159 Å². The number of hydrogen-bond acceptors (Lipinski definition) is 6. The van der Waals surface area contributed by atoms with Crippen LogP contribution in [0, 0.1) is 0 Å². The summed E-state index contributed by atoms with van der Waals surface area (Å²) in [6, 6.07) is 8.44. The Morgan fingerprint density at radius 3 is 2.78 bits per heavy atom. The van der Waals surface area contributed by atoms with Crippen molar-refractivity contribution in [3.63, 3.8) is 0 Å². The summed E-state index contributed by atoms with van der Waals surface area (Å²) in [5.41, 5.74) is 3.69. The smallest absolute Gasteiger partial charge is 0.225 e. The molecule has 4 heterocycles. The molecule has 142 valence electrons. The van der Waals surface area contributed by atoms with Crippen molar-refractivity contribution in [1.29, 1.82) is 0 Å². The number of β-amino-alcohol motifs (C(OH)–C–C–N with tert-alkyl or cyclic N) is 1. The van der Waals surface area contributed by atoms with Gasteiger partial charge in [-0.25, -0.2) is 9.97 Å². The van der Waals surface area contributed by atoms with Gasteiger partial charge >= 0.3 is 0 Å². The fourth-order valence-corrected chi connectivity index (χ4v) is 4.91. The highest BCUT2D eigenvalue weighted by Crippen LogP contribution is 2.44. The van der Waals surface area contributed by atoms with Crippen LogP contribution in [0.15, 0.2) is 30.5 Å². The summed E-state index contributed by atoms with van der Waals surface area (Å²) >= 11 is 0. The third-order valence-corrected chi connectivity index (χ3v) is 6.30. The molecule has 0 radical (unpaired) electrons. The molecule has 3 atom stereocenters. The van der Waals surface area contributed by atoms with Gasteiger partial charge in [-0.15, -0.1) is 0 Å². The van der Waals surface area contributed by atoms with Crippen LogP contribution in [0.25, 0.3) is 0 Å². The average Bonchev–Trinajstić information content (AvgIpc) is 2.95. The lowest BCUT2D eigenvalue weighted by Gasteiger charge is -2.36. The van der Waals surface area contributed by atoms with Gasteiger partial charge in [-0.2, -0.15) is 0 Å². The molecule has 3 unspecified atom stereocenters. The molecule has 3 aliphatic heterocycles.